The Morgan fingerprint density at radius 1 is 1.17 bits per heavy atom. The molecule has 1 aromatic carbocycles. The van der Waals surface area contributed by atoms with E-state index in [0.717, 1.165) is 32.2 Å². The Labute approximate surface area is 207 Å². The molecule has 2 amide bonds. The maximum atomic E-state index is 13.1. The largest absolute Gasteiger partial charge is 0.353 e. The van der Waals surface area contributed by atoms with Gasteiger partial charge in [0.2, 0.25) is 11.8 Å². The van der Waals surface area contributed by atoms with E-state index in [0.29, 0.717) is 39.7 Å². The van der Waals surface area contributed by atoms with Gasteiger partial charge in [-0.2, -0.15) is 4.98 Å². The van der Waals surface area contributed by atoms with Crippen molar-refractivity contribution in [2.75, 3.05) is 23.3 Å². The van der Waals surface area contributed by atoms with Gasteiger partial charge in [0, 0.05) is 24.8 Å². The van der Waals surface area contributed by atoms with Gasteiger partial charge in [0.15, 0.2) is 10.8 Å². The smallest absolute Gasteiger partial charge is 0.273 e. The molecular formula is C25H30N6O3S. The number of aromatic nitrogens is 3. The Kier molecular flexibility index (Phi) is 6.55. The fourth-order valence-electron chi connectivity index (χ4n) is 4.30. The highest BCUT2D eigenvalue weighted by Crippen LogP contribution is 2.30. The van der Waals surface area contributed by atoms with E-state index in [-0.39, 0.29) is 29.8 Å². The van der Waals surface area contributed by atoms with Crippen LogP contribution in [0.15, 0.2) is 35.4 Å². The third-order valence-electron chi connectivity index (χ3n) is 6.53. The lowest BCUT2D eigenvalue weighted by Gasteiger charge is -2.31. The van der Waals surface area contributed by atoms with Crippen LogP contribution in [0.1, 0.15) is 51.0 Å². The van der Waals surface area contributed by atoms with E-state index in [9.17, 15) is 14.4 Å². The average molecular weight is 495 g/mol. The van der Waals surface area contributed by atoms with Crippen LogP contribution in [0.25, 0.3) is 10.3 Å². The van der Waals surface area contributed by atoms with Crippen molar-refractivity contribution in [1.29, 1.82) is 0 Å². The minimum atomic E-state index is -0.296. The first-order chi connectivity index (χ1) is 16.9. The summed E-state index contributed by atoms with van der Waals surface area (Å²) in [5.74, 6) is 0.162. The van der Waals surface area contributed by atoms with Crippen molar-refractivity contribution in [1.82, 2.24) is 19.9 Å². The zero-order valence-corrected chi connectivity index (χ0v) is 20.8. The molecule has 0 unspecified atom stereocenters. The van der Waals surface area contributed by atoms with Crippen molar-refractivity contribution in [2.45, 2.75) is 58.0 Å². The Hall–Kier alpha value is -3.27. The van der Waals surface area contributed by atoms with E-state index in [1.54, 1.807) is 0 Å². The van der Waals surface area contributed by atoms with Crippen molar-refractivity contribution in [3.63, 3.8) is 0 Å². The number of carbonyl (C=O) groups excluding carboxylic acids is 2. The van der Waals surface area contributed by atoms with Crippen LogP contribution in [0, 0.1) is 5.92 Å². The number of amides is 2. The summed E-state index contributed by atoms with van der Waals surface area (Å²) in [4.78, 5) is 49.1. The molecule has 9 nitrogen and oxygen atoms in total. The number of thiazole rings is 1. The molecule has 2 fully saturated rings. The van der Waals surface area contributed by atoms with E-state index in [2.05, 4.69) is 39.3 Å². The summed E-state index contributed by atoms with van der Waals surface area (Å²) in [5.41, 5.74) is 1.97. The van der Waals surface area contributed by atoms with Crippen molar-refractivity contribution in [3.05, 3.63) is 46.5 Å². The van der Waals surface area contributed by atoms with Gasteiger partial charge in [-0.1, -0.05) is 37.3 Å². The second-order valence-electron chi connectivity index (χ2n) is 9.72. The molecule has 10 heteroatoms. The molecule has 184 valence electrons. The van der Waals surface area contributed by atoms with Gasteiger partial charge >= 0.3 is 0 Å². The van der Waals surface area contributed by atoms with Gasteiger partial charge in [-0.15, -0.1) is 0 Å². The number of fused-ring (bicyclic) bond motifs is 1. The summed E-state index contributed by atoms with van der Waals surface area (Å²) < 4.78 is 1.73. The Morgan fingerprint density at radius 2 is 1.94 bits per heavy atom. The van der Waals surface area contributed by atoms with E-state index in [1.165, 1.54) is 27.8 Å². The lowest BCUT2D eigenvalue weighted by atomic mass is 9.97. The highest BCUT2D eigenvalue weighted by Gasteiger charge is 2.31. The number of nitrogens with one attached hydrogen (secondary N) is 2. The zero-order chi connectivity index (χ0) is 24.5. The number of hydrogen-bond donors (Lipinski definition) is 2. The van der Waals surface area contributed by atoms with Crippen molar-refractivity contribution in [2.24, 2.45) is 5.92 Å². The van der Waals surface area contributed by atoms with Gasteiger partial charge in [0.1, 0.15) is 17.6 Å². The molecule has 1 aliphatic heterocycles. The highest BCUT2D eigenvalue weighted by molar-refractivity contribution is 7.22. The molecule has 1 saturated carbocycles. The number of piperidine rings is 1. The van der Waals surface area contributed by atoms with Gasteiger partial charge in [0.25, 0.3) is 5.56 Å². The fourth-order valence-corrected chi connectivity index (χ4v) is 5.31. The summed E-state index contributed by atoms with van der Waals surface area (Å²) in [5, 5.41) is 6.63. The van der Waals surface area contributed by atoms with Gasteiger partial charge in [0.05, 0.1) is 5.92 Å². The first-order valence-electron chi connectivity index (χ1n) is 12.2. The molecule has 2 N–H and O–H groups in total. The Bertz CT molecular complexity index is 1290. The molecular weight excluding hydrogens is 464 g/mol. The summed E-state index contributed by atoms with van der Waals surface area (Å²) in [6, 6.07) is 8.05. The minimum absolute atomic E-state index is 0.0701. The third-order valence-corrected chi connectivity index (χ3v) is 7.63. The van der Waals surface area contributed by atoms with Gasteiger partial charge in [-0.05, 0) is 49.3 Å². The predicted molar refractivity (Wildman–Crippen MR) is 137 cm³/mol. The van der Waals surface area contributed by atoms with E-state index >= 15 is 0 Å². The molecule has 2 aliphatic rings. The number of rotatable bonds is 7. The maximum absolute atomic E-state index is 13.1. The number of hydrogen-bond acceptors (Lipinski definition) is 7. The Balaban J connectivity index is 1.27. The van der Waals surface area contributed by atoms with Crippen molar-refractivity contribution in [3.8, 4) is 0 Å². The van der Waals surface area contributed by atoms with Gasteiger partial charge in [-0.25, -0.2) is 4.98 Å². The highest BCUT2D eigenvalue weighted by atomic mass is 32.1. The second-order valence-corrected chi connectivity index (χ2v) is 10.7. The SMILES string of the molecule is CC(C)c1ccc(NC(=O)Cn2cnc3nc(N4CCC[C@H](C(=O)NC5CC5)C4)sc3c2=O)cc1. The molecule has 5 rings (SSSR count). The van der Waals surface area contributed by atoms with Crippen molar-refractivity contribution < 1.29 is 9.59 Å². The predicted octanol–water partition coefficient (Wildman–Crippen LogP) is 3.11. The number of carbonyl (C=O) groups is 2. The molecule has 0 bridgehead atoms. The lowest BCUT2D eigenvalue weighted by Crippen LogP contribution is -2.43. The number of nitrogens with zero attached hydrogens (tertiary/aromatic N) is 4. The van der Waals surface area contributed by atoms with Crippen LogP contribution >= 0.6 is 11.3 Å². The van der Waals surface area contributed by atoms with Crippen LogP contribution in [-0.2, 0) is 16.1 Å². The molecule has 1 saturated heterocycles. The van der Waals surface area contributed by atoms with Gasteiger partial charge < -0.3 is 15.5 Å². The third kappa shape index (κ3) is 5.37. The molecule has 0 spiro atoms. The van der Waals surface area contributed by atoms with Crippen LogP contribution < -0.4 is 21.1 Å². The van der Waals surface area contributed by atoms with E-state index in [4.69, 9.17) is 0 Å². The summed E-state index contributed by atoms with van der Waals surface area (Å²) in [7, 11) is 0. The topological polar surface area (TPSA) is 109 Å². The molecule has 35 heavy (non-hydrogen) atoms. The number of anilines is 2. The van der Waals surface area contributed by atoms with Crippen LogP contribution in [0.2, 0.25) is 0 Å². The monoisotopic (exact) mass is 494 g/mol. The molecule has 1 aliphatic carbocycles. The fraction of sp³-hybridized carbons (Fsp3) is 0.480. The second kappa shape index (κ2) is 9.77. The van der Waals surface area contributed by atoms with Gasteiger partial charge in [-0.3, -0.25) is 19.0 Å². The van der Waals surface area contributed by atoms with Crippen LogP contribution in [-0.4, -0.2) is 45.5 Å². The molecule has 1 atom stereocenters. The van der Waals surface area contributed by atoms with E-state index in [1.807, 2.05) is 24.3 Å². The number of benzene rings is 1. The molecule has 2 aromatic heterocycles. The standard InChI is InChI=1S/C25H30N6O3S/c1-15(2)16-5-7-18(8-6-16)27-20(32)13-31-14-26-22-21(24(31)34)35-25(29-22)30-11-3-4-17(12-30)23(33)28-19-9-10-19/h5-8,14-15,17,19H,3-4,9-13H2,1-2H3,(H,27,32)(H,28,33)/t17-/m0/s1. The van der Waals surface area contributed by atoms with Crippen LogP contribution in [0.3, 0.4) is 0 Å². The summed E-state index contributed by atoms with van der Waals surface area (Å²) >= 11 is 1.28. The van der Waals surface area contributed by atoms with Crippen LogP contribution in [0.4, 0.5) is 10.8 Å². The average Bonchev–Trinajstić information content (AvgIpc) is 3.55. The van der Waals surface area contributed by atoms with E-state index < -0.39 is 0 Å². The lowest BCUT2D eigenvalue weighted by molar-refractivity contribution is -0.125. The summed E-state index contributed by atoms with van der Waals surface area (Å²) in [6.07, 6.45) is 5.27. The molecule has 3 aromatic rings. The first kappa shape index (κ1) is 23.5. The van der Waals surface area contributed by atoms with Crippen LogP contribution in [0.5, 0.6) is 0 Å². The first-order valence-corrected chi connectivity index (χ1v) is 13.0. The summed E-state index contributed by atoms with van der Waals surface area (Å²) in [6.45, 7) is 5.48. The van der Waals surface area contributed by atoms with Crippen molar-refractivity contribution >= 4 is 44.3 Å². The normalized spacial score (nSPS) is 18.1. The molecule has 3 heterocycles. The Morgan fingerprint density at radius 3 is 2.66 bits per heavy atom. The quantitative estimate of drug-likeness (QED) is 0.522. The zero-order valence-electron chi connectivity index (χ0n) is 20.0. The maximum Gasteiger partial charge on any atom is 0.273 e. The minimum Gasteiger partial charge on any atom is -0.353 e. The molecule has 0 radical (unpaired) electrons.